The smallest absolute Gasteiger partial charge is 0.0871 e. The fourth-order valence-corrected chi connectivity index (χ4v) is 4.92. The topological polar surface area (TPSA) is 28.2 Å². The van der Waals surface area contributed by atoms with Crippen LogP contribution in [0.1, 0.15) is 0 Å². The van der Waals surface area contributed by atoms with Gasteiger partial charge in [0.05, 0.1) is 37.9 Å². The number of nitrogens with one attached hydrogen (secondary N) is 1. The Morgan fingerprint density at radius 1 is 0.556 bits per heavy atom. The molecule has 0 saturated carbocycles. The van der Waals surface area contributed by atoms with Crippen LogP contribution in [0.2, 0.25) is 0 Å². The molecule has 3 unspecified atom stereocenters. The first kappa shape index (κ1) is 31.4. The molecule has 6 heteroatoms. The molecule has 0 aromatic rings. The average molecular weight is 493 g/mol. The Morgan fingerprint density at radius 3 is 1.17 bits per heavy atom. The van der Waals surface area contributed by atoms with Gasteiger partial charge in [-0.1, -0.05) is 54.7 Å². The van der Waals surface area contributed by atoms with Crippen LogP contribution >= 0.6 is 0 Å². The van der Waals surface area contributed by atoms with E-state index in [1.54, 1.807) is 0 Å². The molecule has 6 nitrogen and oxygen atoms in total. The molecule has 4 atom stereocenters. The lowest BCUT2D eigenvalue weighted by molar-refractivity contribution is -0.120. The molecule has 1 heterocycles. The zero-order valence-electron chi connectivity index (χ0n) is 22.3. The van der Waals surface area contributed by atoms with Crippen LogP contribution in [-0.4, -0.2) is 102 Å². The molecule has 0 spiro atoms. The second-order valence-corrected chi connectivity index (χ2v) is 8.63. The van der Waals surface area contributed by atoms with E-state index in [9.17, 15) is 0 Å². The Hall–Kier alpha value is -2.58. The third-order valence-electron chi connectivity index (χ3n) is 6.27. The van der Waals surface area contributed by atoms with E-state index < -0.39 is 0 Å². The van der Waals surface area contributed by atoms with Crippen molar-refractivity contribution < 1.29 is 0 Å². The highest BCUT2D eigenvalue weighted by atomic mass is 15.6. The maximum Gasteiger partial charge on any atom is 0.0871 e. The molecule has 36 heavy (non-hydrogen) atoms. The molecular formula is C30H48N6. The average Bonchev–Trinajstić information content (AvgIpc) is 2.87. The van der Waals surface area contributed by atoms with Crippen molar-refractivity contribution in [1.29, 1.82) is 0 Å². The monoisotopic (exact) mass is 492 g/mol. The molecule has 1 N–H and O–H groups in total. The van der Waals surface area contributed by atoms with Gasteiger partial charge in [-0.05, 0) is 0 Å². The highest BCUT2D eigenvalue weighted by Gasteiger charge is 2.43. The highest BCUT2D eigenvalue weighted by Crippen LogP contribution is 2.27. The SMILES string of the molecule is C=CCN(CC=C)C(C=C)C1N(C(C=C)N(CC=C)CC=C)CNCN1[C@@H](C=C)N(CC=C)CC=C. The van der Waals surface area contributed by atoms with E-state index >= 15 is 0 Å². The molecule has 1 aliphatic heterocycles. The highest BCUT2D eigenvalue weighted by molar-refractivity contribution is 5.08. The zero-order valence-corrected chi connectivity index (χ0v) is 22.3. The van der Waals surface area contributed by atoms with Crippen LogP contribution in [0.4, 0.5) is 0 Å². The summed E-state index contributed by atoms with van der Waals surface area (Å²) in [6, 6.07) is -0.0309. The van der Waals surface area contributed by atoms with Gasteiger partial charge in [-0.25, -0.2) is 0 Å². The van der Waals surface area contributed by atoms with E-state index in [0.717, 1.165) is 0 Å². The molecule has 0 aliphatic carbocycles. The summed E-state index contributed by atoms with van der Waals surface area (Å²) >= 11 is 0. The first-order valence-electron chi connectivity index (χ1n) is 12.5. The van der Waals surface area contributed by atoms with Crippen molar-refractivity contribution in [1.82, 2.24) is 29.8 Å². The first-order valence-corrected chi connectivity index (χ1v) is 12.5. The second kappa shape index (κ2) is 17.8. The van der Waals surface area contributed by atoms with Crippen LogP contribution in [0, 0.1) is 0 Å². The van der Waals surface area contributed by atoms with Gasteiger partial charge in [0.15, 0.2) is 0 Å². The predicted molar refractivity (Wildman–Crippen MR) is 158 cm³/mol. The molecule has 1 saturated heterocycles. The number of hydrogen-bond donors (Lipinski definition) is 1. The van der Waals surface area contributed by atoms with Crippen molar-refractivity contribution in [3.63, 3.8) is 0 Å². The van der Waals surface area contributed by atoms with Crippen molar-refractivity contribution in [2.45, 2.75) is 24.5 Å². The van der Waals surface area contributed by atoms with Gasteiger partial charge >= 0.3 is 0 Å². The summed E-state index contributed by atoms with van der Waals surface area (Å²) in [5.41, 5.74) is 0. The maximum absolute atomic E-state index is 4.27. The van der Waals surface area contributed by atoms with Crippen LogP contribution in [-0.2, 0) is 0 Å². The minimum atomic E-state index is -0.0733. The van der Waals surface area contributed by atoms with Gasteiger partial charge in [-0.2, -0.15) is 0 Å². The quantitative estimate of drug-likeness (QED) is 0.243. The van der Waals surface area contributed by atoms with E-state index in [2.05, 4.69) is 89.0 Å². The van der Waals surface area contributed by atoms with Crippen molar-refractivity contribution in [3.8, 4) is 0 Å². The largest absolute Gasteiger partial charge is 0.291 e. The fourth-order valence-electron chi connectivity index (χ4n) is 4.92. The van der Waals surface area contributed by atoms with Gasteiger partial charge in [0.1, 0.15) is 0 Å². The summed E-state index contributed by atoms with van der Waals surface area (Å²) in [4.78, 5) is 11.8. The predicted octanol–water partition coefficient (Wildman–Crippen LogP) is 4.04. The molecule has 0 amide bonds. The molecule has 0 aromatic heterocycles. The first-order chi connectivity index (χ1) is 17.5. The van der Waals surface area contributed by atoms with Gasteiger partial charge < -0.3 is 0 Å². The van der Waals surface area contributed by atoms with Crippen molar-refractivity contribution in [2.75, 3.05) is 52.6 Å². The Bertz CT molecular complexity index is 685. The molecule has 1 rings (SSSR count). The number of hydrogen-bond acceptors (Lipinski definition) is 6. The Kier molecular flexibility index (Phi) is 15.5. The molecule has 198 valence electrons. The summed E-state index contributed by atoms with van der Waals surface area (Å²) in [5, 5.41) is 3.61. The van der Waals surface area contributed by atoms with Gasteiger partial charge in [-0.15, -0.1) is 59.2 Å². The maximum atomic E-state index is 4.27. The van der Waals surface area contributed by atoms with Crippen LogP contribution < -0.4 is 5.32 Å². The Balaban J connectivity index is 3.72. The third kappa shape index (κ3) is 8.23. The minimum Gasteiger partial charge on any atom is -0.291 e. The van der Waals surface area contributed by atoms with Gasteiger partial charge in [-0.3, -0.25) is 29.8 Å². The summed E-state index contributed by atoms with van der Waals surface area (Å²) < 4.78 is 0. The molecule has 0 radical (unpaired) electrons. The second-order valence-electron chi connectivity index (χ2n) is 8.63. The van der Waals surface area contributed by atoms with E-state index in [-0.39, 0.29) is 24.5 Å². The van der Waals surface area contributed by atoms with Crippen molar-refractivity contribution in [3.05, 3.63) is 114 Å². The fraction of sp³-hybridized carbons (Fsp3) is 0.400. The molecular weight excluding hydrogens is 444 g/mol. The van der Waals surface area contributed by atoms with Gasteiger partial charge in [0.25, 0.3) is 0 Å². The zero-order chi connectivity index (χ0) is 26.9. The van der Waals surface area contributed by atoms with Gasteiger partial charge in [0, 0.05) is 39.3 Å². The standard InChI is InChI=1S/C30H48N6/c1-10-19-32(20-11-2)27(16-7)30-35(28(17-8)33(21-12-3)22-13-4)25-31-26-36(30)29(18-9)34(23-14-5)24-15-6/h10-18,27-31H,1-9,19-26H2/t27?,28-,29?,30?/m0/s1. The molecule has 0 bridgehead atoms. The number of nitrogens with zero attached hydrogens (tertiary/aromatic N) is 5. The summed E-state index contributed by atoms with van der Waals surface area (Å²) in [7, 11) is 0. The lowest BCUT2D eigenvalue weighted by Gasteiger charge is -2.55. The molecule has 1 fully saturated rings. The van der Waals surface area contributed by atoms with Gasteiger partial charge in [0.2, 0.25) is 0 Å². The summed E-state index contributed by atoms with van der Waals surface area (Å²) in [6.45, 7) is 42.2. The van der Waals surface area contributed by atoms with Crippen molar-refractivity contribution >= 4 is 0 Å². The van der Waals surface area contributed by atoms with Crippen LogP contribution in [0.3, 0.4) is 0 Å². The normalized spacial score (nSPS) is 19.2. The lowest BCUT2D eigenvalue weighted by atomic mass is 10.1. The van der Waals surface area contributed by atoms with E-state index in [0.29, 0.717) is 52.6 Å². The van der Waals surface area contributed by atoms with Crippen LogP contribution in [0.15, 0.2) is 114 Å². The number of rotatable bonds is 21. The summed E-state index contributed by atoms with van der Waals surface area (Å²) in [5.74, 6) is 0. The minimum absolute atomic E-state index is 0.0309. The Labute approximate surface area is 220 Å². The van der Waals surface area contributed by atoms with E-state index in [4.69, 9.17) is 0 Å². The molecule has 0 aromatic carbocycles. The summed E-state index contributed by atoms with van der Waals surface area (Å²) in [6.07, 6.45) is 17.3. The Morgan fingerprint density at radius 2 is 0.889 bits per heavy atom. The van der Waals surface area contributed by atoms with E-state index in [1.165, 1.54) is 0 Å². The lowest BCUT2D eigenvalue weighted by Crippen LogP contribution is -2.73. The third-order valence-corrected chi connectivity index (χ3v) is 6.27. The van der Waals surface area contributed by atoms with Crippen molar-refractivity contribution in [2.24, 2.45) is 0 Å². The van der Waals surface area contributed by atoms with Crippen LogP contribution in [0.25, 0.3) is 0 Å². The molecule has 1 aliphatic rings. The van der Waals surface area contributed by atoms with Crippen LogP contribution in [0.5, 0.6) is 0 Å². The van der Waals surface area contributed by atoms with E-state index in [1.807, 2.05) is 54.7 Å².